The maximum Gasteiger partial charge on any atom is 0.242 e. The molecule has 1 saturated heterocycles. The van der Waals surface area contributed by atoms with Crippen LogP contribution in [-0.2, 0) is 14.8 Å². The molecule has 0 spiro atoms. The number of hydrogen-bond donors (Lipinski definition) is 1. The molecular weight excluding hydrogens is 333 g/mol. The molecule has 1 atom stereocenters. The Kier molecular flexibility index (Phi) is 5.54. The van der Waals surface area contributed by atoms with Crippen LogP contribution in [0.15, 0.2) is 11.0 Å². The maximum atomic E-state index is 12.5. The van der Waals surface area contributed by atoms with Crippen molar-refractivity contribution in [3.05, 3.63) is 27.2 Å². The molecule has 118 valence electrons. The summed E-state index contributed by atoms with van der Waals surface area (Å²) in [6.07, 6.45) is 2.83. The van der Waals surface area contributed by atoms with Gasteiger partial charge in [-0.2, -0.15) is 0 Å². The molecule has 0 aliphatic carbocycles. The first-order valence-corrected chi connectivity index (χ1v) is 9.13. The summed E-state index contributed by atoms with van der Waals surface area (Å²) in [5.41, 5.74) is 1.11. The SMILES string of the molecule is Cc1cc(Cl)c(C)c(S(=O)(=O)NCCC2CCCO2)c1Cl. The minimum atomic E-state index is -3.68. The molecule has 1 aliphatic rings. The van der Waals surface area contributed by atoms with Crippen LogP contribution in [0.3, 0.4) is 0 Å². The number of ether oxygens (including phenoxy) is 1. The number of sulfonamides is 1. The average Bonchev–Trinajstić information content (AvgIpc) is 2.89. The third-order valence-electron chi connectivity index (χ3n) is 3.64. The predicted molar refractivity (Wildman–Crippen MR) is 84.7 cm³/mol. The highest BCUT2D eigenvalue weighted by Gasteiger charge is 2.24. The van der Waals surface area contributed by atoms with Crippen LogP contribution in [0, 0.1) is 13.8 Å². The van der Waals surface area contributed by atoms with Crippen molar-refractivity contribution >= 4 is 33.2 Å². The fourth-order valence-electron chi connectivity index (χ4n) is 2.43. The van der Waals surface area contributed by atoms with Crippen molar-refractivity contribution in [1.82, 2.24) is 4.72 Å². The van der Waals surface area contributed by atoms with Gasteiger partial charge < -0.3 is 4.74 Å². The van der Waals surface area contributed by atoms with Gasteiger partial charge >= 0.3 is 0 Å². The molecule has 1 aromatic rings. The standard InChI is InChI=1S/C14H19Cl2NO3S/c1-9-8-12(15)10(2)14(13(9)16)21(18,19)17-6-5-11-4-3-7-20-11/h8,11,17H,3-7H2,1-2H3. The number of benzene rings is 1. The lowest BCUT2D eigenvalue weighted by Crippen LogP contribution is -2.28. The summed E-state index contributed by atoms with van der Waals surface area (Å²) >= 11 is 12.2. The number of hydrogen-bond acceptors (Lipinski definition) is 3. The molecule has 0 amide bonds. The normalized spacial score (nSPS) is 19.1. The van der Waals surface area contributed by atoms with E-state index in [1.54, 1.807) is 19.9 Å². The first-order chi connectivity index (χ1) is 9.83. The smallest absolute Gasteiger partial charge is 0.242 e. The minimum absolute atomic E-state index is 0.0708. The summed E-state index contributed by atoms with van der Waals surface area (Å²) < 4.78 is 33.0. The van der Waals surface area contributed by atoms with Gasteiger partial charge in [0.25, 0.3) is 0 Å². The van der Waals surface area contributed by atoms with E-state index in [1.807, 2.05) is 0 Å². The minimum Gasteiger partial charge on any atom is -0.378 e. The van der Waals surface area contributed by atoms with Crippen LogP contribution in [0.4, 0.5) is 0 Å². The van der Waals surface area contributed by atoms with Gasteiger partial charge in [-0.3, -0.25) is 0 Å². The van der Waals surface area contributed by atoms with Crippen LogP contribution in [0.1, 0.15) is 30.4 Å². The van der Waals surface area contributed by atoms with Gasteiger partial charge in [0.1, 0.15) is 4.90 Å². The zero-order valence-corrected chi connectivity index (χ0v) is 14.4. The van der Waals surface area contributed by atoms with E-state index >= 15 is 0 Å². The molecule has 0 bridgehead atoms. The quantitative estimate of drug-likeness (QED) is 0.883. The highest BCUT2D eigenvalue weighted by Crippen LogP contribution is 2.33. The van der Waals surface area contributed by atoms with Gasteiger partial charge in [0.2, 0.25) is 10.0 Å². The lowest BCUT2D eigenvalue weighted by atomic mass is 10.2. The zero-order chi connectivity index (χ0) is 15.6. The van der Waals surface area contributed by atoms with Crippen LogP contribution in [0.2, 0.25) is 10.0 Å². The van der Waals surface area contributed by atoms with Gasteiger partial charge in [-0.15, -0.1) is 0 Å². The van der Waals surface area contributed by atoms with Crippen LogP contribution in [0.25, 0.3) is 0 Å². The number of rotatable bonds is 5. The van der Waals surface area contributed by atoms with Crippen molar-refractivity contribution in [3.8, 4) is 0 Å². The molecule has 0 aromatic heterocycles. The van der Waals surface area contributed by atoms with E-state index in [9.17, 15) is 8.42 Å². The van der Waals surface area contributed by atoms with Crippen molar-refractivity contribution < 1.29 is 13.2 Å². The van der Waals surface area contributed by atoms with Crippen molar-refractivity contribution in [2.75, 3.05) is 13.2 Å². The highest BCUT2D eigenvalue weighted by atomic mass is 35.5. The van der Waals surface area contributed by atoms with Crippen molar-refractivity contribution in [1.29, 1.82) is 0 Å². The topological polar surface area (TPSA) is 55.4 Å². The van der Waals surface area contributed by atoms with Crippen LogP contribution in [-0.4, -0.2) is 27.7 Å². The summed E-state index contributed by atoms with van der Waals surface area (Å²) in [5, 5.41) is 0.623. The Morgan fingerprint density at radius 2 is 2.10 bits per heavy atom. The van der Waals surface area contributed by atoms with Crippen LogP contribution >= 0.6 is 23.2 Å². The van der Waals surface area contributed by atoms with E-state index in [0.717, 1.165) is 19.4 Å². The number of nitrogens with one attached hydrogen (secondary N) is 1. The molecule has 0 saturated carbocycles. The Morgan fingerprint density at radius 1 is 1.38 bits per heavy atom. The first-order valence-electron chi connectivity index (χ1n) is 6.89. The second-order valence-electron chi connectivity index (χ2n) is 5.26. The second kappa shape index (κ2) is 6.84. The fourth-order valence-corrected chi connectivity index (χ4v) is 4.69. The fraction of sp³-hybridized carbons (Fsp3) is 0.571. The summed E-state index contributed by atoms with van der Waals surface area (Å²) in [6.45, 7) is 4.48. The third kappa shape index (κ3) is 3.90. The molecule has 1 fully saturated rings. The number of aryl methyl sites for hydroxylation is 1. The Morgan fingerprint density at radius 3 is 2.71 bits per heavy atom. The Bertz CT molecular complexity index is 599. The summed E-state index contributed by atoms with van der Waals surface area (Å²) in [4.78, 5) is 0.0708. The van der Waals surface area contributed by atoms with E-state index in [-0.39, 0.29) is 16.0 Å². The summed E-state index contributed by atoms with van der Waals surface area (Å²) in [5.74, 6) is 0. The zero-order valence-electron chi connectivity index (χ0n) is 12.1. The highest BCUT2D eigenvalue weighted by molar-refractivity contribution is 7.89. The van der Waals surface area contributed by atoms with E-state index in [2.05, 4.69) is 4.72 Å². The molecule has 21 heavy (non-hydrogen) atoms. The van der Waals surface area contributed by atoms with E-state index in [1.165, 1.54) is 0 Å². The molecule has 2 rings (SSSR count). The third-order valence-corrected chi connectivity index (χ3v) is 6.26. The lowest BCUT2D eigenvalue weighted by Gasteiger charge is -2.15. The molecule has 1 aromatic carbocycles. The molecule has 7 heteroatoms. The van der Waals surface area contributed by atoms with E-state index < -0.39 is 10.0 Å². The van der Waals surface area contributed by atoms with Crippen molar-refractivity contribution in [2.24, 2.45) is 0 Å². The van der Waals surface area contributed by atoms with Gasteiger partial charge in [0.15, 0.2) is 0 Å². The van der Waals surface area contributed by atoms with Crippen molar-refractivity contribution in [3.63, 3.8) is 0 Å². The maximum absolute atomic E-state index is 12.5. The first kappa shape index (κ1) is 17.0. The summed E-state index contributed by atoms with van der Waals surface area (Å²) in [7, 11) is -3.68. The van der Waals surface area contributed by atoms with Crippen LogP contribution in [0.5, 0.6) is 0 Å². The second-order valence-corrected chi connectivity index (χ2v) is 7.75. The Balaban J connectivity index is 2.15. The average molecular weight is 352 g/mol. The van der Waals surface area contributed by atoms with Gasteiger partial charge in [-0.05, 0) is 50.3 Å². The molecule has 1 aliphatic heterocycles. The van der Waals surface area contributed by atoms with Gasteiger partial charge in [-0.1, -0.05) is 23.2 Å². The van der Waals surface area contributed by atoms with E-state index in [4.69, 9.17) is 27.9 Å². The van der Waals surface area contributed by atoms with E-state index in [0.29, 0.717) is 29.1 Å². The Hall–Kier alpha value is -0.330. The monoisotopic (exact) mass is 351 g/mol. The molecule has 1 heterocycles. The largest absolute Gasteiger partial charge is 0.378 e. The predicted octanol–water partition coefficient (Wildman–Crippen LogP) is 3.46. The van der Waals surface area contributed by atoms with Gasteiger partial charge in [0, 0.05) is 18.2 Å². The Labute approximate surface area is 135 Å². The molecule has 4 nitrogen and oxygen atoms in total. The molecule has 1 N–H and O–H groups in total. The molecule has 0 radical (unpaired) electrons. The lowest BCUT2D eigenvalue weighted by molar-refractivity contribution is 0.105. The summed E-state index contributed by atoms with van der Waals surface area (Å²) in [6, 6.07) is 1.67. The van der Waals surface area contributed by atoms with Crippen molar-refractivity contribution in [2.45, 2.75) is 44.1 Å². The van der Waals surface area contributed by atoms with Gasteiger partial charge in [0.05, 0.1) is 11.1 Å². The number of halogens is 2. The molecular formula is C14H19Cl2NO3S. The molecule has 1 unspecified atom stereocenters. The van der Waals surface area contributed by atoms with Gasteiger partial charge in [-0.25, -0.2) is 13.1 Å². The van der Waals surface area contributed by atoms with Crippen LogP contribution < -0.4 is 4.72 Å².